The molecule has 0 spiro atoms. The highest BCUT2D eigenvalue weighted by atomic mass is 16.3. The molecule has 0 rings (SSSR count). The number of aliphatic hydroxyl groups is 3. The number of unbranched alkanes of at least 4 members (excludes halogenated alkanes) is 44. The van der Waals surface area contributed by atoms with Gasteiger partial charge in [0.1, 0.15) is 6.10 Å². The highest BCUT2D eigenvalue weighted by Crippen LogP contribution is 2.18. The molecule has 0 bridgehead atoms. The molecule has 0 fully saturated rings. The predicted molar refractivity (Wildman–Crippen MR) is 292 cm³/mol. The van der Waals surface area contributed by atoms with Gasteiger partial charge in [0, 0.05) is 6.42 Å². The molecule has 0 saturated carbocycles. The Morgan fingerprint density at radius 3 is 0.924 bits per heavy atom. The molecule has 0 saturated heterocycles. The van der Waals surface area contributed by atoms with Crippen molar-refractivity contribution in [2.75, 3.05) is 6.61 Å². The summed E-state index contributed by atoms with van der Waals surface area (Å²) in [4.78, 5) is 12.5. The van der Waals surface area contributed by atoms with Gasteiger partial charge in [0.15, 0.2) is 0 Å². The van der Waals surface area contributed by atoms with E-state index in [1.165, 1.54) is 263 Å². The lowest BCUT2D eigenvalue weighted by molar-refractivity contribution is -0.124. The van der Waals surface area contributed by atoms with Crippen molar-refractivity contribution in [3.05, 3.63) is 24.3 Å². The standard InChI is InChI=1S/C61H119NO4/c1-3-5-7-9-11-13-15-17-18-19-20-21-22-23-24-25-26-27-28-29-30-31-32-33-34-35-36-37-38-39-40-41-42-44-46-48-50-52-54-56-60(65)62-58(57-63)61(66)59(64)55-53-51-49-47-45-43-16-14-12-10-8-6-4-2/h14,16,47,49,58-59,61,63-64,66H,3-13,15,17-46,48,50-57H2,1-2H3,(H,62,65)/b16-14+,49-47+. The van der Waals surface area contributed by atoms with Crippen molar-refractivity contribution in [3.8, 4) is 0 Å². The fourth-order valence-electron chi connectivity index (χ4n) is 9.65. The highest BCUT2D eigenvalue weighted by Gasteiger charge is 2.26. The van der Waals surface area contributed by atoms with Crippen LogP contribution in [0.4, 0.5) is 0 Å². The normalized spacial score (nSPS) is 13.3. The molecule has 3 unspecified atom stereocenters. The van der Waals surface area contributed by atoms with E-state index in [4.69, 9.17) is 0 Å². The third-order valence-corrected chi connectivity index (χ3v) is 14.3. The number of carbonyl (C=O) groups is 1. The molecular weight excluding hydrogens is 811 g/mol. The average Bonchev–Trinajstić information content (AvgIpc) is 3.32. The van der Waals surface area contributed by atoms with Crippen LogP contribution in [0, 0.1) is 0 Å². The summed E-state index contributed by atoms with van der Waals surface area (Å²) >= 11 is 0. The van der Waals surface area contributed by atoms with Crippen LogP contribution in [-0.4, -0.2) is 46.1 Å². The fraction of sp³-hybridized carbons (Fsp3) is 0.918. The zero-order chi connectivity index (χ0) is 47.9. The van der Waals surface area contributed by atoms with Crippen LogP contribution in [0.15, 0.2) is 24.3 Å². The number of rotatable bonds is 56. The molecule has 66 heavy (non-hydrogen) atoms. The number of carbonyl (C=O) groups excluding carboxylic acids is 1. The molecule has 0 aliphatic carbocycles. The molecule has 0 aromatic heterocycles. The number of allylic oxidation sites excluding steroid dienone is 4. The van der Waals surface area contributed by atoms with Gasteiger partial charge in [0.25, 0.3) is 0 Å². The number of hydrogen-bond acceptors (Lipinski definition) is 4. The van der Waals surface area contributed by atoms with Gasteiger partial charge in [-0.05, 0) is 51.4 Å². The number of aliphatic hydroxyl groups excluding tert-OH is 3. The minimum absolute atomic E-state index is 0.153. The lowest BCUT2D eigenvalue weighted by atomic mass is 10.0. The lowest BCUT2D eigenvalue weighted by Crippen LogP contribution is -2.50. The molecule has 0 aromatic carbocycles. The van der Waals surface area contributed by atoms with Crippen molar-refractivity contribution in [3.63, 3.8) is 0 Å². The van der Waals surface area contributed by atoms with Gasteiger partial charge in [0.05, 0.1) is 18.8 Å². The van der Waals surface area contributed by atoms with Crippen molar-refractivity contribution < 1.29 is 20.1 Å². The Labute approximate surface area is 413 Å². The first-order chi connectivity index (χ1) is 32.6. The lowest BCUT2D eigenvalue weighted by Gasteiger charge is -2.26. The van der Waals surface area contributed by atoms with Crippen molar-refractivity contribution >= 4 is 5.91 Å². The van der Waals surface area contributed by atoms with Gasteiger partial charge >= 0.3 is 0 Å². The van der Waals surface area contributed by atoms with Crippen molar-refractivity contribution in [1.29, 1.82) is 0 Å². The van der Waals surface area contributed by atoms with Crippen LogP contribution in [0.1, 0.15) is 335 Å². The van der Waals surface area contributed by atoms with Gasteiger partial charge in [-0.25, -0.2) is 0 Å². The summed E-state index contributed by atoms with van der Waals surface area (Å²) in [5.74, 6) is -0.153. The van der Waals surface area contributed by atoms with Gasteiger partial charge in [-0.15, -0.1) is 0 Å². The van der Waals surface area contributed by atoms with Gasteiger partial charge in [-0.3, -0.25) is 4.79 Å². The van der Waals surface area contributed by atoms with Gasteiger partial charge in [0.2, 0.25) is 5.91 Å². The topological polar surface area (TPSA) is 89.8 Å². The Kier molecular flexibility index (Phi) is 55.4. The summed E-state index contributed by atoms with van der Waals surface area (Å²) in [5, 5.41) is 33.6. The van der Waals surface area contributed by atoms with E-state index in [-0.39, 0.29) is 12.5 Å². The molecule has 5 nitrogen and oxygen atoms in total. The van der Waals surface area contributed by atoms with E-state index in [1.54, 1.807) is 0 Å². The van der Waals surface area contributed by atoms with Crippen LogP contribution in [0.5, 0.6) is 0 Å². The van der Waals surface area contributed by atoms with Gasteiger partial charge in [-0.1, -0.05) is 301 Å². The maximum absolute atomic E-state index is 12.5. The van der Waals surface area contributed by atoms with E-state index in [9.17, 15) is 20.1 Å². The first-order valence-electron chi connectivity index (χ1n) is 30.1. The van der Waals surface area contributed by atoms with E-state index < -0.39 is 18.2 Å². The van der Waals surface area contributed by atoms with Gasteiger partial charge < -0.3 is 20.6 Å². The Bertz CT molecular complexity index is 982. The van der Waals surface area contributed by atoms with E-state index in [2.05, 4.69) is 43.5 Å². The maximum atomic E-state index is 12.5. The van der Waals surface area contributed by atoms with E-state index in [0.29, 0.717) is 12.8 Å². The second kappa shape index (κ2) is 56.4. The molecule has 5 heteroatoms. The van der Waals surface area contributed by atoms with E-state index in [1.807, 2.05) is 0 Å². The molecule has 0 aliphatic heterocycles. The molecule has 0 aromatic rings. The first kappa shape index (κ1) is 64.8. The van der Waals surface area contributed by atoms with Crippen LogP contribution in [0.2, 0.25) is 0 Å². The Hall–Kier alpha value is -1.17. The van der Waals surface area contributed by atoms with Crippen molar-refractivity contribution in [2.45, 2.75) is 353 Å². The third-order valence-electron chi connectivity index (χ3n) is 14.3. The summed E-state index contributed by atoms with van der Waals surface area (Å²) in [5.41, 5.74) is 0. The number of nitrogens with one attached hydrogen (secondary N) is 1. The molecule has 0 heterocycles. The maximum Gasteiger partial charge on any atom is 0.220 e. The Morgan fingerprint density at radius 1 is 0.364 bits per heavy atom. The van der Waals surface area contributed by atoms with E-state index in [0.717, 1.165) is 44.9 Å². The minimum atomic E-state index is -1.16. The molecule has 392 valence electrons. The summed E-state index contributed by atoms with van der Waals surface area (Å²) < 4.78 is 0. The smallest absolute Gasteiger partial charge is 0.220 e. The highest BCUT2D eigenvalue weighted by molar-refractivity contribution is 5.76. The minimum Gasteiger partial charge on any atom is -0.394 e. The zero-order valence-electron chi connectivity index (χ0n) is 44.9. The molecule has 3 atom stereocenters. The molecule has 4 N–H and O–H groups in total. The van der Waals surface area contributed by atoms with E-state index >= 15 is 0 Å². The molecule has 0 radical (unpaired) electrons. The van der Waals surface area contributed by atoms with Gasteiger partial charge in [-0.2, -0.15) is 0 Å². The second-order valence-corrected chi connectivity index (χ2v) is 20.9. The predicted octanol–water partition coefficient (Wildman–Crippen LogP) is 18.8. The van der Waals surface area contributed by atoms with Crippen LogP contribution >= 0.6 is 0 Å². The summed E-state index contributed by atoms with van der Waals surface area (Å²) in [6, 6.07) is -0.829. The quantitative estimate of drug-likeness (QED) is 0.0361. The SMILES string of the molecule is CCCCCC/C=C/CC/C=C/CCCC(O)C(O)C(CO)NC(=O)CCCCCCCCCCCCCCCCCCCCCCCCCCCCCCCCCCCCCCCCC. The summed E-state index contributed by atoms with van der Waals surface area (Å²) in [7, 11) is 0. The second-order valence-electron chi connectivity index (χ2n) is 20.9. The molecule has 1 amide bonds. The average molecular weight is 931 g/mol. The summed E-state index contributed by atoms with van der Waals surface area (Å²) in [6.07, 6.45) is 72.4. The fourth-order valence-corrected chi connectivity index (χ4v) is 9.65. The van der Waals surface area contributed by atoms with Crippen LogP contribution < -0.4 is 5.32 Å². The first-order valence-corrected chi connectivity index (χ1v) is 30.1. The zero-order valence-corrected chi connectivity index (χ0v) is 44.9. The molecular formula is C61H119NO4. The Morgan fingerprint density at radius 2 is 0.621 bits per heavy atom. The van der Waals surface area contributed by atoms with Crippen LogP contribution in [-0.2, 0) is 4.79 Å². The molecule has 0 aliphatic rings. The van der Waals surface area contributed by atoms with Crippen molar-refractivity contribution in [1.82, 2.24) is 5.32 Å². The third kappa shape index (κ3) is 50.7. The monoisotopic (exact) mass is 930 g/mol. The Balaban J connectivity index is 3.40. The van der Waals surface area contributed by atoms with Crippen LogP contribution in [0.3, 0.4) is 0 Å². The van der Waals surface area contributed by atoms with Crippen LogP contribution in [0.25, 0.3) is 0 Å². The number of hydrogen-bond donors (Lipinski definition) is 4. The van der Waals surface area contributed by atoms with Crippen molar-refractivity contribution in [2.24, 2.45) is 0 Å². The largest absolute Gasteiger partial charge is 0.394 e. The summed E-state index contributed by atoms with van der Waals surface area (Å²) in [6.45, 7) is 4.17. The number of amides is 1.